The number of methoxy groups -OCH3 is 1. The lowest BCUT2D eigenvalue weighted by Gasteiger charge is -2.26. The second-order valence-corrected chi connectivity index (χ2v) is 6.90. The summed E-state index contributed by atoms with van der Waals surface area (Å²) in [7, 11) is 1.54. The molecule has 0 bridgehead atoms. The molecule has 0 aromatic heterocycles. The number of ketones is 1. The molecule has 0 aliphatic carbocycles. The number of nitrogens with one attached hydrogen (secondary N) is 1. The van der Waals surface area contributed by atoms with Crippen molar-refractivity contribution < 1.29 is 28.6 Å². The van der Waals surface area contributed by atoms with Crippen LogP contribution in [0.15, 0.2) is 66.2 Å². The Labute approximate surface area is 181 Å². The molecule has 0 fully saturated rings. The highest BCUT2D eigenvalue weighted by Crippen LogP contribution is 2.37. The molecule has 2 aromatic rings. The van der Waals surface area contributed by atoms with Crippen LogP contribution in [0.5, 0.6) is 5.75 Å². The van der Waals surface area contributed by atoms with Crippen molar-refractivity contribution in [3.8, 4) is 5.75 Å². The van der Waals surface area contributed by atoms with Crippen molar-refractivity contribution in [1.29, 1.82) is 0 Å². The molecule has 31 heavy (non-hydrogen) atoms. The summed E-state index contributed by atoms with van der Waals surface area (Å²) in [6.45, 7) is 3.43. The fourth-order valence-corrected chi connectivity index (χ4v) is 3.51. The molecule has 0 saturated carbocycles. The highest BCUT2D eigenvalue weighted by molar-refractivity contribution is 6.15. The minimum atomic E-state index is -1.93. The van der Waals surface area contributed by atoms with Crippen LogP contribution in [0.2, 0.25) is 0 Å². The Kier molecular flexibility index (Phi) is 6.87. The van der Waals surface area contributed by atoms with E-state index in [4.69, 9.17) is 14.2 Å². The second-order valence-electron chi connectivity index (χ2n) is 6.90. The van der Waals surface area contributed by atoms with Crippen molar-refractivity contribution in [1.82, 2.24) is 5.32 Å². The van der Waals surface area contributed by atoms with Gasteiger partial charge in [0.15, 0.2) is 5.78 Å². The SMILES string of the molecule is CCOC(=O)C1(C(=O)OCC)C=C(C(=O)c2ccccc2)[C@H](c2cccc(OC)c2)N1. The minimum Gasteiger partial charge on any atom is -0.497 e. The second kappa shape index (κ2) is 9.57. The van der Waals surface area contributed by atoms with Crippen LogP contribution in [-0.4, -0.2) is 43.6 Å². The van der Waals surface area contributed by atoms with Crippen molar-refractivity contribution in [2.45, 2.75) is 25.4 Å². The topological polar surface area (TPSA) is 90.9 Å². The summed E-state index contributed by atoms with van der Waals surface area (Å²) in [6, 6.07) is 15.0. The van der Waals surface area contributed by atoms with Crippen molar-refractivity contribution in [2.24, 2.45) is 0 Å². The summed E-state index contributed by atoms with van der Waals surface area (Å²) in [6.07, 6.45) is 1.34. The number of hydrogen-bond acceptors (Lipinski definition) is 7. The zero-order valence-electron chi connectivity index (χ0n) is 17.7. The molecule has 0 saturated heterocycles. The van der Waals surface area contributed by atoms with Crippen molar-refractivity contribution in [3.63, 3.8) is 0 Å². The van der Waals surface area contributed by atoms with E-state index in [0.29, 0.717) is 16.9 Å². The van der Waals surface area contributed by atoms with Gasteiger partial charge in [0, 0.05) is 11.1 Å². The van der Waals surface area contributed by atoms with E-state index in [2.05, 4.69) is 5.32 Å². The predicted octanol–water partition coefficient (Wildman–Crippen LogP) is 3.01. The number of carbonyl (C=O) groups is 3. The van der Waals surface area contributed by atoms with Crippen molar-refractivity contribution in [2.75, 3.05) is 20.3 Å². The molecular formula is C24H25NO6. The van der Waals surface area contributed by atoms with Gasteiger partial charge < -0.3 is 14.2 Å². The normalized spacial score (nSPS) is 16.9. The van der Waals surface area contributed by atoms with E-state index < -0.39 is 23.5 Å². The van der Waals surface area contributed by atoms with E-state index in [1.807, 2.05) is 0 Å². The Morgan fingerprint density at radius 2 is 1.58 bits per heavy atom. The lowest BCUT2D eigenvalue weighted by Crippen LogP contribution is -2.56. The van der Waals surface area contributed by atoms with E-state index in [1.165, 1.54) is 13.2 Å². The molecule has 3 rings (SSSR count). The van der Waals surface area contributed by atoms with Gasteiger partial charge in [-0.2, -0.15) is 0 Å². The summed E-state index contributed by atoms with van der Waals surface area (Å²) in [5.74, 6) is -1.37. The zero-order valence-corrected chi connectivity index (χ0v) is 17.7. The van der Waals surface area contributed by atoms with Crippen molar-refractivity contribution >= 4 is 17.7 Å². The maximum Gasteiger partial charge on any atom is 0.342 e. The van der Waals surface area contributed by atoms with Crippen LogP contribution >= 0.6 is 0 Å². The van der Waals surface area contributed by atoms with Gasteiger partial charge in [-0.1, -0.05) is 42.5 Å². The van der Waals surface area contributed by atoms with Gasteiger partial charge in [0.25, 0.3) is 0 Å². The first-order valence-corrected chi connectivity index (χ1v) is 10.0. The summed E-state index contributed by atoms with van der Waals surface area (Å²) in [5, 5.41) is 3.02. The van der Waals surface area contributed by atoms with E-state index in [1.54, 1.807) is 68.4 Å². The maximum atomic E-state index is 13.4. The molecule has 162 valence electrons. The molecule has 1 aliphatic rings. The Balaban J connectivity index is 2.15. The monoisotopic (exact) mass is 423 g/mol. The Morgan fingerprint density at radius 3 is 2.16 bits per heavy atom. The lowest BCUT2D eigenvalue weighted by atomic mass is 9.93. The first-order chi connectivity index (χ1) is 15.0. The van der Waals surface area contributed by atoms with E-state index in [0.717, 1.165) is 0 Å². The van der Waals surface area contributed by atoms with Gasteiger partial charge in [-0.15, -0.1) is 0 Å². The smallest absolute Gasteiger partial charge is 0.342 e. The van der Waals surface area contributed by atoms with Crippen LogP contribution in [0, 0.1) is 0 Å². The first kappa shape index (κ1) is 22.2. The third-order valence-electron chi connectivity index (χ3n) is 4.98. The number of rotatable bonds is 8. The number of carbonyl (C=O) groups excluding carboxylic acids is 3. The Hall–Kier alpha value is -3.45. The van der Waals surface area contributed by atoms with Gasteiger partial charge in [0.1, 0.15) is 5.75 Å². The highest BCUT2D eigenvalue weighted by Gasteiger charge is 2.54. The fourth-order valence-electron chi connectivity index (χ4n) is 3.51. The number of hydrogen-bond donors (Lipinski definition) is 1. The largest absolute Gasteiger partial charge is 0.497 e. The Morgan fingerprint density at radius 1 is 0.935 bits per heavy atom. The lowest BCUT2D eigenvalue weighted by molar-refractivity contribution is -0.162. The molecule has 1 aliphatic heterocycles. The van der Waals surface area contributed by atoms with Gasteiger partial charge in [-0.25, -0.2) is 9.59 Å². The minimum absolute atomic E-state index is 0.0707. The molecule has 0 radical (unpaired) electrons. The molecule has 0 unspecified atom stereocenters. The van der Waals surface area contributed by atoms with Crippen LogP contribution in [0.3, 0.4) is 0 Å². The summed E-state index contributed by atoms with van der Waals surface area (Å²) >= 11 is 0. The maximum absolute atomic E-state index is 13.4. The molecule has 7 heteroatoms. The number of ether oxygens (including phenoxy) is 3. The third kappa shape index (κ3) is 4.36. The molecule has 0 spiro atoms. The molecule has 1 heterocycles. The van der Waals surface area contributed by atoms with Crippen LogP contribution in [0.25, 0.3) is 0 Å². The quantitative estimate of drug-likeness (QED) is 0.396. The zero-order chi connectivity index (χ0) is 22.4. The van der Waals surface area contributed by atoms with Crippen LogP contribution in [-0.2, 0) is 19.1 Å². The van der Waals surface area contributed by atoms with Gasteiger partial charge in [-0.05, 0) is 37.6 Å². The van der Waals surface area contributed by atoms with Crippen molar-refractivity contribution in [3.05, 3.63) is 77.4 Å². The van der Waals surface area contributed by atoms with Crippen LogP contribution in [0.4, 0.5) is 0 Å². The summed E-state index contributed by atoms with van der Waals surface area (Å²) < 4.78 is 15.7. The first-order valence-electron chi connectivity index (χ1n) is 10.0. The van der Waals surface area contributed by atoms with E-state index in [-0.39, 0.29) is 24.6 Å². The summed E-state index contributed by atoms with van der Waals surface area (Å²) in [4.78, 5) is 39.2. The fraction of sp³-hybridized carbons (Fsp3) is 0.292. The Bertz CT molecular complexity index is 980. The molecule has 0 amide bonds. The molecule has 1 N–H and O–H groups in total. The molecule has 7 nitrogen and oxygen atoms in total. The van der Waals surface area contributed by atoms with Gasteiger partial charge in [-0.3, -0.25) is 10.1 Å². The molecule has 1 atom stereocenters. The number of benzene rings is 2. The number of esters is 2. The van der Waals surface area contributed by atoms with Crippen LogP contribution < -0.4 is 10.1 Å². The van der Waals surface area contributed by atoms with Crippen LogP contribution in [0.1, 0.15) is 35.8 Å². The average Bonchev–Trinajstić information content (AvgIpc) is 3.22. The molecular weight excluding hydrogens is 398 g/mol. The van der Waals surface area contributed by atoms with E-state index in [9.17, 15) is 14.4 Å². The number of Topliss-reactive ketones (excluding diaryl/α,β-unsaturated/α-hetero) is 1. The molecule has 2 aromatic carbocycles. The highest BCUT2D eigenvalue weighted by atomic mass is 16.6. The summed E-state index contributed by atoms with van der Waals surface area (Å²) in [5.41, 5.74) is -0.586. The van der Waals surface area contributed by atoms with Gasteiger partial charge >= 0.3 is 11.9 Å². The van der Waals surface area contributed by atoms with E-state index >= 15 is 0 Å². The standard InChI is InChI=1S/C24H25NO6/c1-4-30-22(27)24(23(28)31-5-2)15-19(21(26)16-10-7-6-8-11-16)20(25-24)17-12-9-13-18(14-17)29-3/h6-15,20,25H,4-5H2,1-3H3/t20-/m0/s1. The van der Waals surface area contributed by atoms with Gasteiger partial charge in [0.2, 0.25) is 5.54 Å². The average molecular weight is 423 g/mol. The predicted molar refractivity (Wildman–Crippen MR) is 114 cm³/mol. The third-order valence-corrected chi connectivity index (χ3v) is 4.98. The van der Waals surface area contributed by atoms with Gasteiger partial charge in [0.05, 0.1) is 26.4 Å².